The normalized spacial score (nSPS) is 10.7. The number of nitrogens with one attached hydrogen (secondary N) is 2. The maximum absolute atomic E-state index is 11.7. The largest absolute Gasteiger partial charge is 0.323 e. The van der Waals surface area contributed by atoms with E-state index in [9.17, 15) is 4.79 Å². The molecule has 0 aliphatic rings. The molecular weight excluding hydrogens is 250 g/mol. The molecule has 1 aromatic rings. The third kappa shape index (κ3) is 5.47. The molecule has 18 heavy (non-hydrogen) atoms. The van der Waals surface area contributed by atoms with Gasteiger partial charge in [-0.25, -0.2) is 4.98 Å². The molecule has 1 amide bonds. The van der Waals surface area contributed by atoms with Crippen LogP contribution in [0.1, 0.15) is 32.3 Å². The first-order valence-corrected chi connectivity index (χ1v) is 6.52. The zero-order valence-electron chi connectivity index (χ0n) is 11.1. The summed E-state index contributed by atoms with van der Waals surface area (Å²) < 4.78 is 0. The van der Waals surface area contributed by atoms with Gasteiger partial charge in [0.05, 0.1) is 5.69 Å². The van der Waals surface area contributed by atoms with Crippen LogP contribution in [0.2, 0.25) is 5.15 Å². The van der Waals surface area contributed by atoms with Crippen molar-refractivity contribution in [3.63, 3.8) is 0 Å². The third-order valence-corrected chi connectivity index (χ3v) is 2.68. The molecule has 1 aromatic heterocycles. The Morgan fingerprint density at radius 1 is 1.50 bits per heavy atom. The van der Waals surface area contributed by atoms with Crippen LogP contribution in [0.5, 0.6) is 0 Å². The van der Waals surface area contributed by atoms with E-state index in [1.54, 1.807) is 6.20 Å². The lowest BCUT2D eigenvalue weighted by Crippen LogP contribution is -2.24. The second-order valence-electron chi connectivity index (χ2n) is 4.61. The zero-order chi connectivity index (χ0) is 13.5. The van der Waals surface area contributed by atoms with Gasteiger partial charge in [-0.3, -0.25) is 4.79 Å². The first kappa shape index (κ1) is 14.9. The number of hydrogen-bond donors (Lipinski definition) is 2. The van der Waals surface area contributed by atoms with Crippen LogP contribution in [0.4, 0.5) is 5.69 Å². The molecule has 0 radical (unpaired) electrons. The SMILES string of the molecule is Cc1cnc(Cl)c(NC(=O)CCCNC(C)C)c1. The van der Waals surface area contributed by atoms with Gasteiger partial charge in [-0.05, 0) is 31.5 Å². The number of hydrogen-bond acceptors (Lipinski definition) is 3. The molecule has 0 aliphatic heterocycles. The van der Waals surface area contributed by atoms with Crippen molar-refractivity contribution < 1.29 is 4.79 Å². The van der Waals surface area contributed by atoms with Gasteiger partial charge in [0.2, 0.25) is 5.91 Å². The van der Waals surface area contributed by atoms with Gasteiger partial charge in [0.25, 0.3) is 0 Å². The van der Waals surface area contributed by atoms with Gasteiger partial charge < -0.3 is 10.6 Å². The summed E-state index contributed by atoms with van der Waals surface area (Å²) in [5.74, 6) is -0.0325. The minimum Gasteiger partial charge on any atom is -0.323 e. The number of anilines is 1. The van der Waals surface area contributed by atoms with Crippen molar-refractivity contribution in [1.82, 2.24) is 10.3 Å². The van der Waals surface area contributed by atoms with Crippen LogP contribution < -0.4 is 10.6 Å². The molecule has 1 heterocycles. The number of aromatic nitrogens is 1. The number of nitrogens with zero attached hydrogens (tertiary/aromatic N) is 1. The second kappa shape index (κ2) is 7.34. The van der Waals surface area contributed by atoms with E-state index in [-0.39, 0.29) is 5.91 Å². The van der Waals surface area contributed by atoms with E-state index in [1.165, 1.54) is 0 Å². The van der Waals surface area contributed by atoms with Crippen molar-refractivity contribution in [3.05, 3.63) is 23.0 Å². The van der Waals surface area contributed by atoms with Gasteiger partial charge in [-0.1, -0.05) is 25.4 Å². The fourth-order valence-corrected chi connectivity index (χ4v) is 1.64. The van der Waals surface area contributed by atoms with Crippen molar-refractivity contribution in [2.45, 2.75) is 39.7 Å². The Morgan fingerprint density at radius 2 is 2.22 bits per heavy atom. The molecule has 0 aromatic carbocycles. The fraction of sp³-hybridized carbons (Fsp3) is 0.538. The molecule has 0 aliphatic carbocycles. The number of pyridine rings is 1. The minimum absolute atomic E-state index is 0.0325. The van der Waals surface area contributed by atoms with E-state index in [0.29, 0.717) is 23.3 Å². The number of rotatable bonds is 6. The molecule has 1 rings (SSSR count). The maximum Gasteiger partial charge on any atom is 0.224 e. The lowest BCUT2D eigenvalue weighted by molar-refractivity contribution is -0.116. The average molecular weight is 270 g/mol. The van der Waals surface area contributed by atoms with Gasteiger partial charge in [0, 0.05) is 18.7 Å². The summed E-state index contributed by atoms with van der Waals surface area (Å²) in [5.41, 5.74) is 1.55. The average Bonchev–Trinajstić information content (AvgIpc) is 2.29. The van der Waals surface area contributed by atoms with Crippen LogP contribution in [0, 0.1) is 6.92 Å². The molecule has 0 bridgehead atoms. The molecule has 0 unspecified atom stereocenters. The van der Waals surface area contributed by atoms with Crippen LogP contribution in [-0.2, 0) is 4.79 Å². The summed E-state index contributed by atoms with van der Waals surface area (Å²) in [4.78, 5) is 15.7. The summed E-state index contributed by atoms with van der Waals surface area (Å²) in [5, 5.41) is 6.37. The van der Waals surface area contributed by atoms with Gasteiger partial charge >= 0.3 is 0 Å². The molecule has 2 N–H and O–H groups in total. The van der Waals surface area contributed by atoms with E-state index in [0.717, 1.165) is 18.5 Å². The lowest BCUT2D eigenvalue weighted by atomic mass is 10.2. The molecule has 4 nitrogen and oxygen atoms in total. The van der Waals surface area contributed by atoms with Crippen LogP contribution >= 0.6 is 11.6 Å². The van der Waals surface area contributed by atoms with Crippen molar-refractivity contribution in [2.24, 2.45) is 0 Å². The maximum atomic E-state index is 11.7. The molecule has 0 atom stereocenters. The quantitative estimate of drug-likeness (QED) is 0.617. The first-order chi connectivity index (χ1) is 8.49. The van der Waals surface area contributed by atoms with Crippen molar-refractivity contribution in [2.75, 3.05) is 11.9 Å². The number of halogens is 1. The van der Waals surface area contributed by atoms with E-state index in [4.69, 9.17) is 11.6 Å². The monoisotopic (exact) mass is 269 g/mol. The number of amides is 1. The van der Waals surface area contributed by atoms with E-state index in [2.05, 4.69) is 29.5 Å². The molecule has 100 valence electrons. The Hall–Kier alpha value is -1.13. The van der Waals surface area contributed by atoms with Crippen molar-refractivity contribution >= 4 is 23.2 Å². The van der Waals surface area contributed by atoms with Crippen molar-refractivity contribution in [3.8, 4) is 0 Å². The van der Waals surface area contributed by atoms with E-state index < -0.39 is 0 Å². The highest BCUT2D eigenvalue weighted by molar-refractivity contribution is 6.32. The van der Waals surface area contributed by atoms with Gasteiger partial charge in [0.15, 0.2) is 5.15 Å². The lowest BCUT2D eigenvalue weighted by Gasteiger charge is -2.09. The number of aryl methyl sites for hydroxylation is 1. The minimum atomic E-state index is -0.0325. The standard InChI is InChI=1S/C13H20ClN3O/c1-9(2)15-6-4-5-12(18)17-11-7-10(3)8-16-13(11)14/h7-9,15H,4-6H2,1-3H3,(H,17,18). The zero-order valence-corrected chi connectivity index (χ0v) is 11.8. The predicted molar refractivity (Wildman–Crippen MR) is 75.0 cm³/mol. The van der Waals surface area contributed by atoms with Crippen molar-refractivity contribution in [1.29, 1.82) is 0 Å². The van der Waals surface area contributed by atoms with Crippen LogP contribution in [-0.4, -0.2) is 23.5 Å². The Labute approximate surface area is 113 Å². The van der Waals surface area contributed by atoms with E-state index in [1.807, 2.05) is 13.0 Å². The summed E-state index contributed by atoms with van der Waals surface area (Å²) in [6.07, 6.45) is 2.95. The number of carbonyl (C=O) groups excluding carboxylic acids is 1. The van der Waals surface area contributed by atoms with Crippen LogP contribution in [0.3, 0.4) is 0 Å². The van der Waals surface area contributed by atoms with E-state index >= 15 is 0 Å². The fourth-order valence-electron chi connectivity index (χ4n) is 1.49. The Morgan fingerprint density at radius 3 is 2.89 bits per heavy atom. The summed E-state index contributed by atoms with van der Waals surface area (Å²) in [6.45, 7) is 6.91. The predicted octanol–water partition coefficient (Wildman–Crippen LogP) is 2.76. The summed E-state index contributed by atoms with van der Waals surface area (Å²) in [6, 6.07) is 2.27. The highest BCUT2D eigenvalue weighted by Gasteiger charge is 2.06. The first-order valence-electron chi connectivity index (χ1n) is 6.14. The molecule has 0 saturated heterocycles. The highest BCUT2D eigenvalue weighted by atomic mass is 35.5. The molecule has 0 saturated carbocycles. The van der Waals surface area contributed by atoms with Gasteiger partial charge in [0.1, 0.15) is 0 Å². The van der Waals surface area contributed by atoms with Gasteiger partial charge in [-0.15, -0.1) is 0 Å². The third-order valence-electron chi connectivity index (χ3n) is 2.38. The highest BCUT2D eigenvalue weighted by Crippen LogP contribution is 2.19. The molecule has 5 heteroatoms. The Kier molecular flexibility index (Phi) is 6.09. The summed E-state index contributed by atoms with van der Waals surface area (Å²) in [7, 11) is 0. The Bertz CT molecular complexity index is 407. The second-order valence-corrected chi connectivity index (χ2v) is 4.97. The Balaban J connectivity index is 2.38. The van der Waals surface area contributed by atoms with Crippen LogP contribution in [0.25, 0.3) is 0 Å². The molecular formula is C13H20ClN3O. The summed E-state index contributed by atoms with van der Waals surface area (Å²) >= 11 is 5.90. The smallest absolute Gasteiger partial charge is 0.224 e. The topological polar surface area (TPSA) is 54.0 Å². The van der Waals surface area contributed by atoms with Gasteiger partial charge in [-0.2, -0.15) is 0 Å². The molecule has 0 fully saturated rings. The number of carbonyl (C=O) groups is 1. The molecule has 0 spiro atoms. The van der Waals surface area contributed by atoms with Crippen LogP contribution in [0.15, 0.2) is 12.3 Å².